The summed E-state index contributed by atoms with van der Waals surface area (Å²) in [5.74, 6) is -1.24. The molecule has 1 aliphatic heterocycles. The van der Waals surface area contributed by atoms with Crippen molar-refractivity contribution in [2.75, 3.05) is 18.9 Å². The van der Waals surface area contributed by atoms with Gasteiger partial charge in [-0.15, -0.1) is 0 Å². The molecular weight excluding hydrogens is 411 g/mol. The van der Waals surface area contributed by atoms with E-state index in [4.69, 9.17) is 5.73 Å². The Morgan fingerprint density at radius 3 is 2.60 bits per heavy atom. The van der Waals surface area contributed by atoms with Gasteiger partial charge in [0.15, 0.2) is 0 Å². The predicted octanol–water partition coefficient (Wildman–Crippen LogP) is 1.49. The Morgan fingerprint density at radius 2 is 1.97 bits per heavy atom. The molecule has 0 aliphatic carbocycles. The smallest absolute Gasteiger partial charge is 0.275 e. The van der Waals surface area contributed by atoms with Crippen LogP contribution in [-0.2, 0) is 15.6 Å². The van der Waals surface area contributed by atoms with Crippen molar-refractivity contribution in [2.45, 2.75) is 31.1 Å². The summed E-state index contributed by atoms with van der Waals surface area (Å²) in [5.41, 5.74) is 5.23. The van der Waals surface area contributed by atoms with Gasteiger partial charge in [0.1, 0.15) is 27.6 Å². The number of carbonyl (C=O) groups excluding carboxylic acids is 1. The summed E-state index contributed by atoms with van der Waals surface area (Å²) in [6, 6.07) is 3.99. The molecule has 3 N–H and O–H groups in total. The van der Waals surface area contributed by atoms with E-state index in [0.717, 1.165) is 4.31 Å². The Bertz CT molecular complexity index is 1120. The molecule has 1 atom stereocenters. The zero-order chi connectivity index (χ0) is 22.3. The highest BCUT2D eigenvalue weighted by Crippen LogP contribution is 2.36. The maximum atomic E-state index is 14.8. The fourth-order valence-corrected chi connectivity index (χ4v) is 4.76. The lowest BCUT2D eigenvalue weighted by Gasteiger charge is -2.29. The summed E-state index contributed by atoms with van der Waals surface area (Å²) in [5, 5.41) is 2.63. The number of nitrogens with zero attached hydrogens (tertiary/aromatic N) is 4. The topological polar surface area (TPSA) is 131 Å². The van der Waals surface area contributed by atoms with E-state index in [9.17, 15) is 17.6 Å². The van der Waals surface area contributed by atoms with Gasteiger partial charge in [-0.3, -0.25) is 14.8 Å². The normalized spacial score (nSPS) is 23.3. The van der Waals surface area contributed by atoms with E-state index in [1.54, 1.807) is 6.92 Å². The Kier molecular flexibility index (Phi) is 5.37. The van der Waals surface area contributed by atoms with Crippen LogP contribution >= 0.6 is 0 Å². The summed E-state index contributed by atoms with van der Waals surface area (Å²) in [4.78, 5) is 24.5. The molecule has 0 saturated heterocycles. The number of hydrogen-bond acceptors (Lipinski definition) is 7. The number of aliphatic imine (C=N–C) groups is 1. The summed E-state index contributed by atoms with van der Waals surface area (Å²) in [6.45, 7) is 4.38. The molecule has 2 aromatic rings. The third-order valence-electron chi connectivity index (χ3n) is 5.17. The van der Waals surface area contributed by atoms with Crippen LogP contribution in [0.15, 0.2) is 41.8 Å². The minimum absolute atomic E-state index is 0.0962. The first-order valence-corrected chi connectivity index (χ1v) is 10.5. The zero-order valence-electron chi connectivity index (χ0n) is 17.0. The molecule has 0 radical (unpaired) electrons. The van der Waals surface area contributed by atoms with Crippen LogP contribution in [0.1, 0.15) is 36.8 Å². The van der Waals surface area contributed by atoms with Gasteiger partial charge in [-0.1, -0.05) is 0 Å². The fourth-order valence-electron chi connectivity index (χ4n) is 3.25. The van der Waals surface area contributed by atoms with Crippen LogP contribution in [-0.4, -0.2) is 52.8 Å². The van der Waals surface area contributed by atoms with Crippen molar-refractivity contribution in [2.24, 2.45) is 10.7 Å². The number of hydrogen-bond donors (Lipinski definition) is 2. The minimum atomic E-state index is -3.81. The second-order valence-corrected chi connectivity index (χ2v) is 10.4. The number of aromatic nitrogens is 2. The molecule has 30 heavy (non-hydrogen) atoms. The summed E-state index contributed by atoms with van der Waals surface area (Å²) in [7, 11) is -2.41. The second-order valence-electron chi connectivity index (χ2n) is 7.78. The molecule has 0 spiro atoms. The standard InChI is InChI=1S/C19H23FN6O3S/c1-18(2)17(21)25-19(3,11-26(4)30(18,28)29)13-9-12(5-6-14(13)20)24-16(27)15-10-22-7-8-23-15/h5-10H,11H2,1-4H3,(H2,21,25)(H,24,27). The van der Waals surface area contributed by atoms with Crippen LogP contribution in [0.3, 0.4) is 0 Å². The molecule has 160 valence electrons. The number of nitrogens with one attached hydrogen (secondary N) is 1. The van der Waals surface area contributed by atoms with Crippen molar-refractivity contribution in [3.63, 3.8) is 0 Å². The zero-order valence-corrected chi connectivity index (χ0v) is 17.9. The number of benzene rings is 1. The molecule has 1 unspecified atom stereocenters. The second kappa shape index (κ2) is 7.40. The van der Waals surface area contributed by atoms with Gasteiger partial charge < -0.3 is 11.1 Å². The summed E-state index contributed by atoms with van der Waals surface area (Å²) in [6.07, 6.45) is 4.13. The number of likely N-dealkylation sites (N-methyl/N-ethyl adjacent to an activating group) is 1. The largest absolute Gasteiger partial charge is 0.386 e. The lowest BCUT2D eigenvalue weighted by molar-refractivity contribution is 0.102. The highest BCUT2D eigenvalue weighted by Gasteiger charge is 2.48. The number of nitrogens with two attached hydrogens (primary N) is 1. The molecular formula is C19H23FN6O3S. The quantitative estimate of drug-likeness (QED) is 0.753. The number of anilines is 1. The van der Waals surface area contributed by atoms with Crippen LogP contribution in [0.25, 0.3) is 0 Å². The van der Waals surface area contributed by atoms with Crippen molar-refractivity contribution in [1.29, 1.82) is 0 Å². The van der Waals surface area contributed by atoms with Gasteiger partial charge in [-0.2, -0.15) is 0 Å². The van der Waals surface area contributed by atoms with E-state index in [2.05, 4.69) is 20.3 Å². The molecule has 1 amide bonds. The SMILES string of the molecule is CN1CC(C)(c2cc(NC(=O)c3cnccn3)ccc2F)N=C(N)C(C)(C)S1(=O)=O. The van der Waals surface area contributed by atoms with E-state index >= 15 is 0 Å². The maximum absolute atomic E-state index is 14.8. The molecule has 3 rings (SSSR count). The molecule has 2 heterocycles. The van der Waals surface area contributed by atoms with E-state index in [1.165, 1.54) is 57.7 Å². The minimum Gasteiger partial charge on any atom is -0.386 e. The Morgan fingerprint density at radius 1 is 1.27 bits per heavy atom. The van der Waals surface area contributed by atoms with Gasteiger partial charge >= 0.3 is 0 Å². The van der Waals surface area contributed by atoms with Gasteiger partial charge in [0, 0.05) is 37.2 Å². The first kappa shape index (κ1) is 21.8. The van der Waals surface area contributed by atoms with Gasteiger partial charge in [-0.25, -0.2) is 22.1 Å². The first-order valence-electron chi connectivity index (χ1n) is 9.07. The molecule has 0 saturated carbocycles. The summed E-state index contributed by atoms with van der Waals surface area (Å²) >= 11 is 0. The van der Waals surface area contributed by atoms with E-state index in [-0.39, 0.29) is 23.6 Å². The van der Waals surface area contributed by atoms with Gasteiger partial charge in [0.2, 0.25) is 10.0 Å². The van der Waals surface area contributed by atoms with Crippen LogP contribution in [0.2, 0.25) is 0 Å². The van der Waals surface area contributed by atoms with Crippen molar-refractivity contribution in [3.05, 3.63) is 53.9 Å². The average Bonchev–Trinajstić information content (AvgIpc) is 2.73. The first-order chi connectivity index (χ1) is 13.9. The highest BCUT2D eigenvalue weighted by atomic mass is 32.2. The summed E-state index contributed by atoms with van der Waals surface area (Å²) < 4.78 is 40.2. The molecule has 1 aromatic heterocycles. The number of carbonyl (C=O) groups is 1. The van der Waals surface area contributed by atoms with E-state index in [0.29, 0.717) is 5.69 Å². The molecule has 0 fully saturated rings. The van der Waals surface area contributed by atoms with Crippen LogP contribution in [0, 0.1) is 5.82 Å². The Labute approximate surface area is 174 Å². The van der Waals surface area contributed by atoms with Crippen LogP contribution in [0.4, 0.5) is 10.1 Å². The number of amides is 1. The van der Waals surface area contributed by atoms with Crippen LogP contribution in [0.5, 0.6) is 0 Å². The van der Waals surface area contributed by atoms with Crippen LogP contribution < -0.4 is 11.1 Å². The third-order valence-corrected chi connectivity index (χ3v) is 7.62. The molecule has 0 bridgehead atoms. The van der Waals surface area contributed by atoms with E-state index in [1.807, 2.05) is 0 Å². The van der Waals surface area contributed by atoms with Crippen molar-refractivity contribution in [1.82, 2.24) is 14.3 Å². The molecule has 1 aromatic carbocycles. The van der Waals surface area contributed by atoms with Gasteiger partial charge in [0.25, 0.3) is 5.91 Å². The van der Waals surface area contributed by atoms with Crippen molar-refractivity contribution >= 4 is 27.5 Å². The molecule has 1 aliphatic rings. The monoisotopic (exact) mass is 434 g/mol. The molecule has 9 nitrogen and oxygen atoms in total. The van der Waals surface area contributed by atoms with Gasteiger partial charge in [0.05, 0.1) is 6.20 Å². The number of halogens is 1. The number of rotatable bonds is 3. The van der Waals surface area contributed by atoms with Gasteiger partial charge in [-0.05, 0) is 39.0 Å². The fraction of sp³-hybridized carbons (Fsp3) is 0.368. The lowest BCUT2D eigenvalue weighted by atomic mass is 9.91. The third kappa shape index (κ3) is 3.65. The van der Waals surface area contributed by atoms with Crippen molar-refractivity contribution in [3.8, 4) is 0 Å². The number of amidine groups is 1. The van der Waals surface area contributed by atoms with Crippen molar-refractivity contribution < 1.29 is 17.6 Å². The predicted molar refractivity (Wildman–Crippen MR) is 111 cm³/mol. The number of sulfonamides is 1. The molecule has 11 heteroatoms. The Balaban J connectivity index is 2.03. The average molecular weight is 434 g/mol. The Hall–Kier alpha value is -2.92. The lowest BCUT2D eigenvalue weighted by Crippen LogP contribution is -2.50. The highest BCUT2D eigenvalue weighted by molar-refractivity contribution is 7.91. The van der Waals surface area contributed by atoms with E-state index < -0.39 is 32.0 Å². The maximum Gasteiger partial charge on any atom is 0.275 e.